The van der Waals surface area contributed by atoms with Crippen molar-refractivity contribution >= 4 is 23.8 Å². The number of benzene rings is 3. The fraction of sp³-hybridized carbons (Fsp3) is 0.364. The molecule has 0 aromatic heterocycles. The Balaban J connectivity index is 1.65. The molecular formula is C33H36F3N3O8. The van der Waals surface area contributed by atoms with Crippen molar-refractivity contribution in [3.63, 3.8) is 0 Å². The average Bonchev–Trinajstić information content (AvgIpc) is 3.01. The number of alkyl carbamates (subject to hydrolysis) is 1. The molecule has 1 aliphatic rings. The van der Waals surface area contributed by atoms with Gasteiger partial charge in [-0.2, -0.15) is 0 Å². The molecule has 11 nitrogen and oxygen atoms in total. The third-order valence-corrected chi connectivity index (χ3v) is 7.21. The summed E-state index contributed by atoms with van der Waals surface area (Å²) in [4.78, 5) is 39.7. The summed E-state index contributed by atoms with van der Waals surface area (Å²) < 4.78 is 59.7. The molecule has 4 N–H and O–H groups in total. The van der Waals surface area contributed by atoms with Gasteiger partial charge in [-0.3, -0.25) is 9.69 Å². The minimum atomic E-state index is -1.46. The van der Waals surface area contributed by atoms with E-state index in [-0.39, 0.29) is 31.2 Å². The van der Waals surface area contributed by atoms with Crippen molar-refractivity contribution in [1.82, 2.24) is 10.2 Å². The van der Waals surface area contributed by atoms with Crippen molar-refractivity contribution in [3.8, 4) is 5.75 Å². The van der Waals surface area contributed by atoms with Gasteiger partial charge in [0.05, 0.1) is 31.5 Å². The van der Waals surface area contributed by atoms with Crippen molar-refractivity contribution in [2.75, 3.05) is 31.7 Å². The Kier molecular flexibility index (Phi) is 11.3. The van der Waals surface area contributed by atoms with Crippen LogP contribution in [0.15, 0.2) is 66.7 Å². The van der Waals surface area contributed by atoms with Crippen LogP contribution in [0, 0.1) is 17.5 Å². The number of ether oxygens (including phenoxy) is 3. The number of anilines is 1. The highest BCUT2D eigenvalue weighted by Gasteiger charge is 2.36. The second kappa shape index (κ2) is 15.2. The van der Waals surface area contributed by atoms with Crippen LogP contribution in [0.5, 0.6) is 5.75 Å². The minimum absolute atomic E-state index is 0.107. The highest BCUT2D eigenvalue weighted by atomic mass is 19.1. The number of aliphatic hydroxyl groups excluding tert-OH is 1. The molecule has 0 unspecified atom stereocenters. The first-order chi connectivity index (χ1) is 22.3. The lowest BCUT2D eigenvalue weighted by molar-refractivity contribution is -0.118. The predicted octanol–water partition coefficient (Wildman–Crippen LogP) is 4.89. The summed E-state index contributed by atoms with van der Waals surface area (Å²) in [5.74, 6) is -4.18. The first kappa shape index (κ1) is 35.0. The third-order valence-electron chi connectivity index (χ3n) is 7.21. The van der Waals surface area contributed by atoms with E-state index >= 15 is 4.39 Å². The molecule has 252 valence electrons. The zero-order chi connectivity index (χ0) is 34.3. The Morgan fingerprint density at radius 1 is 0.979 bits per heavy atom. The van der Waals surface area contributed by atoms with E-state index in [1.165, 1.54) is 60.7 Å². The van der Waals surface area contributed by atoms with Crippen molar-refractivity contribution in [1.29, 1.82) is 0 Å². The maximum absolute atomic E-state index is 15.1. The molecule has 4 rings (SSSR count). The average molecular weight is 660 g/mol. The van der Waals surface area contributed by atoms with E-state index in [4.69, 9.17) is 14.2 Å². The summed E-state index contributed by atoms with van der Waals surface area (Å²) >= 11 is 0. The number of hydrogen-bond acceptors (Lipinski definition) is 7. The Morgan fingerprint density at radius 2 is 1.57 bits per heavy atom. The van der Waals surface area contributed by atoms with Gasteiger partial charge < -0.3 is 35.1 Å². The smallest absolute Gasteiger partial charge is 0.408 e. The molecule has 0 radical (unpaired) electrons. The normalized spacial score (nSPS) is 17.1. The first-order valence-electron chi connectivity index (χ1n) is 14.7. The fourth-order valence-corrected chi connectivity index (χ4v) is 5.04. The maximum Gasteiger partial charge on any atom is 0.408 e. The quantitative estimate of drug-likeness (QED) is 0.241. The van der Waals surface area contributed by atoms with Gasteiger partial charge >= 0.3 is 12.2 Å². The van der Waals surface area contributed by atoms with E-state index in [9.17, 15) is 33.4 Å². The van der Waals surface area contributed by atoms with E-state index in [0.717, 1.165) is 11.0 Å². The number of rotatable bonds is 10. The van der Waals surface area contributed by atoms with Crippen LogP contribution in [0.1, 0.15) is 37.8 Å². The molecule has 3 aromatic rings. The lowest BCUT2D eigenvalue weighted by atomic mass is 9.84. The second-order valence-electron chi connectivity index (χ2n) is 11.8. The highest BCUT2D eigenvalue weighted by molar-refractivity contribution is 5.98. The summed E-state index contributed by atoms with van der Waals surface area (Å²) in [5, 5.41) is 24.1. The van der Waals surface area contributed by atoms with Gasteiger partial charge in [0, 0.05) is 5.92 Å². The lowest BCUT2D eigenvalue weighted by Gasteiger charge is -2.36. The number of nitrogens with zero attached hydrogens (tertiary/aromatic N) is 1. The van der Waals surface area contributed by atoms with Crippen molar-refractivity contribution in [2.24, 2.45) is 0 Å². The lowest BCUT2D eigenvalue weighted by Crippen LogP contribution is -2.54. The van der Waals surface area contributed by atoms with Crippen LogP contribution in [0.4, 0.5) is 28.4 Å². The van der Waals surface area contributed by atoms with Gasteiger partial charge in [0.25, 0.3) is 0 Å². The summed E-state index contributed by atoms with van der Waals surface area (Å²) in [6.07, 6.45) is -3.04. The van der Waals surface area contributed by atoms with E-state index in [2.05, 4.69) is 10.6 Å². The molecule has 1 heterocycles. The van der Waals surface area contributed by atoms with Gasteiger partial charge in [0.2, 0.25) is 5.91 Å². The highest BCUT2D eigenvalue weighted by Crippen LogP contribution is 2.33. The molecule has 14 heteroatoms. The predicted molar refractivity (Wildman–Crippen MR) is 164 cm³/mol. The number of morpholine rings is 1. The van der Waals surface area contributed by atoms with Crippen LogP contribution in [-0.4, -0.2) is 83.4 Å². The Labute approximate surface area is 269 Å². The van der Waals surface area contributed by atoms with Gasteiger partial charge in [-0.15, -0.1) is 0 Å². The Bertz CT molecular complexity index is 1500. The molecule has 0 bridgehead atoms. The maximum atomic E-state index is 15.1. The van der Waals surface area contributed by atoms with E-state index in [1.807, 2.05) is 0 Å². The molecule has 1 saturated heterocycles. The van der Waals surface area contributed by atoms with Crippen LogP contribution >= 0.6 is 0 Å². The molecular weight excluding hydrogens is 623 g/mol. The Morgan fingerprint density at radius 3 is 2.11 bits per heavy atom. The zero-order valence-corrected chi connectivity index (χ0v) is 25.9. The SMILES string of the molecule is CC(C)(C)OC(=O)N[C@H](C(=O)Nc1cccc(F)c1OC[C@@H]1CN(C(=O)O)[C@H](CO)CO1)C(c1ccc(F)cc1)c1ccc(F)cc1. The number of halogens is 3. The standard InChI is InChI=1S/C33H36F3N3O8/c1-33(2,3)47-31(42)38-28(27(19-7-11-21(34)12-8-19)20-9-13-22(35)14-10-20)30(41)37-26-6-4-5-25(36)29(26)46-18-24-15-39(32(43)44)23(16-40)17-45-24/h4-14,23-24,27-28,40H,15-18H2,1-3H3,(H,37,41)(H,38,42)(H,43,44)/t23-,24+,28+/m1/s1. The summed E-state index contributed by atoms with van der Waals surface area (Å²) in [6, 6.07) is 11.9. The van der Waals surface area contributed by atoms with Crippen LogP contribution in [-0.2, 0) is 14.3 Å². The minimum Gasteiger partial charge on any atom is -0.486 e. The third kappa shape index (κ3) is 9.36. The molecule has 0 spiro atoms. The first-order valence-corrected chi connectivity index (χ1v) is 14.7. The molecule has 47 heavy (non-hydrogen) atoms. The summed E-state index contributed by atoms with van der Waals surface area (Å²) in [5.41, 5.74) is -0.279. The number of aliphatic hydroxyl groups is 1. The summed E-state index contributed by atoms with van der Waals surface area (Å²) in [6.45, 7) is 3.87. The van der Waals surface area contributed by atoms with Crippen LogP contribution in [0.2, 0.25) is 0 Å². The van der Waals surface area contributed by atoms with Gasteiger partial charge in [0.15, 0.2) is 11.6 Å². The summed E-state index contributed by atoms with van der Waals surface area (Å²) in [7, 11) is 0. The van der Waals surface area contributed by atoms with Crippen molar-refractivity contribution < 1.29 is 52.0 Å². The van der Waals surface area contributed by atoms with Crippen LogP contribution in [0.3, 0.4) is 0 Å². The molecule has 3 aromatic carbocycles. The molecule has 0 aliphatic carbocycles. The van der Waals surface area contributed by atoms with Gasteiger partial charge in [-0.25, -0.2) is 22.8 Å². The molecule has 0 saturated carbocycles. The van der Waals surface area contributed by atoms with E-state index < -0.39 is 71.9 Å². The topological polar surface area (TPSA) is 147 Å². The number of carbonyl (C=O) groups is 3. The zero-order valence-electron chi connectivity index (χ0n) is 25.9. The molecule has 1 aliphatic heterocycles. The number of amides is 3. The number of para-hydroxylation sites is 1. The number of carbonyl (C=O) groups excluding carboxylic acids is 2. The van der Waals surface area contributed by atoms with Gasteiger partial charge in [0.1, 0.15) is 36.0 Å². The van der Waals surface area contributed by atoms with Crippen LogP contribution < -0.4 is 15.4 Å². The monoisotopic (exact) mass is 659 g/mol. The molecule has 3 amide bonds. The number of hydrogen-bond donors (Lipinski definition) is 4. The van der Waals surface area contributed by atoms with E-state index in [0.29, 0.717) is 11.1 Å². The fourth-order valence-electron chi connectivity index (χ4n) is 5.04. The Hall–Kier alpha value is -4.82. The number of nitrogens with one attached hydrogen (secondary N) is 2. The van der Waals surface area contributed by atoms with Crippen molar-refractivity contribution in [2.45, 2.75) is 50.5 Å². The van der Waals surface area contributed by atoms with Crippen molar-refractivity contribution in [3.05, 3.63) is 95.3 Å². The second-order valence-corrected chi connectivity index (χ2v) is 11.8. The van der Waals surface area contributed by atoms with E-state index in [1.54, 1.807) is 20.8 Å². The molecule has 1 fully saturated rings. The molecule has 3 atom stereocenters. The van der Waals surface area contributed by atoms with Crippen LogP contribution in [0.25, 0.3) is 0 Å². The number of carboxylic acid groups (broad SMARTS) is 1. The van der Waals surface area contributed by atoms with Gasteiger partial charge in [-0.1, -0.05) is 30.3 Å². The van der Waals surface area contributed by atoms with Gasteiger partial charge in [-0.05, 0) is 68.3 Å². The largest absolute Gasteiger partial charge is 0.486 e.